The molecule has 0 fully saturated rings. The number of hydrogen-bond donors (Lipinski definition) is 1. The monoisotopic (exact) mass is 317 g/mol. The maximum Gasteiger partial charge on any atom is 0.216 e. The maximum atomic E-state index is 5.03. The lowest BCUT2D eigenvalue weighted by atomic mass is 10.2. The number of rotatable bonds is 1. The molecule has 0 aliphatic carbocycles. The largest absolute Gasteiger partial charge is 0.279 e. The first-order valence-corrected chi connectivity index (χ1v) is 5.54. The van der Waals surface area contributed by atoms with Crippen molar-refractivity contribution in [1.82, 2.24) is 14.8 Å². The van der Waals surface area contributed by atoms with Crippen LogP contribution in [0.3, 0.4) is 0 Å². The minimum absolute atomic E-state index is 0.568. The van der Waals surface area contributed by atoms with Crippen molar-refractivity contribution in [3.8, 4) is 11.4 Å². The molecular formula is C9H8IN3S. The van der Waals surface area contributed by atoms with Gasteiger partial charge < -0.3 is 0 Å². The normalized spacial score (nSPS) is 10.4. The Labute approximate surface area is 100 Å². The number of aryl methyl sites for hydroxylation is 1. The third kappa shape index (κ3) is 1.88. The number of H-pyrrole nitrogens is 1. The van der Waals surface area contributed by atoms with Crippen molar-refractivity contribution < 1.29 is 0 Å². The van der Waals surface area contributed by atoms with Crippen LogP contribution >= 0.6 is 34.8 Å². The molecule has 1 heterocycles. The highest BCUT2D eigenvalue weighted by atomic mass is 127. The van der Waals surface area contributed by atoms with Gasteiger partial charge in [0.05, 0.1) is 0 Å². The Morgan fingerprint density at radius 1 is 1.50 bits per heavy atom. The Morgan fingerprint density at radius 2 is 2.29 bits per heavy atom. The summed E-state index contributed by atoms with van der Waals surface area (Å²) >= 11 is 7.30. The first kappa shape index (κ1) is 9.85. The number of halogens is 1. The third-order valence-electron chi connectivity index (χ3n) is 1.87. The molecule has 14 heavy (non-hydrogen) atoms. The van der Waals surface area contributed by atoms with Crippen molar-refractivity contribution >= 4 is 34.8 Å². The van der Waals surface area contributed by atoms with Crippen LogP contribution in [0.5, 0.6) is 0 Å². The smallest absolute Gasteiger partial charge is 0.216 e. The first-order chi connectivity index (χ1) is 6.66. The average Bonchev–Trinajstić information content (AvgIpc) is 2.47. The average molecular weight is 317 g/mol. The van der Waals surface area contributed by atoms with Crippen LogP contribution in [-0.4, -0.2) is 14.8 Å². The highest BCUT2D eigenvalue weighted by Gasteiger charge is 2.02. The molecule has 0 saturated heterocycles. The topological polar surface area (TPSA) is 33.6 Å². The summed E-state index contributed by atoms with van der Waals surface area (Å²) in [5.74, 6) is 0.816. The Morgan fingerprint density at radius 3 is 2.86 bits per heavy atom. The van der Waals surface area contributed by atoms with Crippen molar-refractivity contribution in [3.05, 3.63) is 32.6 Å². The molecular weight excluding hydrogens is 309 g/mol. The summed E-state index contributed by atoms with van der Waals surface area (Å²) in [7, 11) is 1.85. The van der Waals surface area contributed by atoms with Gasteiger partial charge in [-0.1, -0.05) is 12.1 Å². The molecule has 0 bridgehead atoms. The van der Waals surface area contributed by atoms with Gasteiger partial charge in [-0.3, -0.25) is 9.78 Å². The van der Waals surface area contributed by atoms with Crippen LogP contribution in [0.1, 0.15) is 0 Å². The summed E-state index contributed by atoms with van der Waals surface area (Å²) in [6, 6.07) is 8.12. The van der Waals surface area contributed by atoms with Crippen LogP contribution in [0.4, 0.5) is 0 Å². The van der Waals surface area contributed by atoms with Gasteiger partial charge in [-0.25, -0.2) is 0 Å². The standard InChI is InChI=1S/C9H8IN3S/c1-13-9(14)11-8(12-13)6-3-2-4-7(10)5-6/h2-5H,1H3,(H,11,12,14). The van der Waals surface area contributed by atoms with Gasteiger partial charge in [-0.2, -0.15) is 4.98 Å². The van der Waals surface area contributed by atoms with E-state index in [1.165, 1.54) is 3.57 Å². The van der Waals surface area contributed by atoms with Gasteiger partial charge in [-0.05, 0) is 46.9 Å². The Kier molecular flexibility index (Phi) is 2.69. The number of hydrogen-bond acceptors (Lipinski definition) is 2. The van der Waals surface area contributed by atoms with Crippen LogP contribution in [0.2, 0.25) is 0 Å². The van der Waals surface area contributed by atoms with Crippen LogP contribution in [-0.2, 0) is 7.05 Å². The molecule has 0 aliphatic heterocycles. The fraction of sp³-hybridized carbons (Fsp3) is 0.111. The zero-order valence-electron chi connectivity index (χ0n) is 7.49. The van der Waals surface area contributed by atoms with Crippen molar-refractivity contribution in [2.45, 2.75) is 0 Å². The lowest BCUT2D eigenvalue weighted by molar-refractivity contribution is 0.756. The molecule has 0 aliphatic rings. The molecule has 5 heteroatoms. The van der Waals surface area contributed by atoms with E-state index in [2.05, 4.69) is 38.7 Å². The van der Waals surface area contributed by atoms with E-state index in [0.717, 1.165) is 11.4 Å². The van der Waals surface area contributed by atoms with Crippen molar-refractivity contribution in [1.29, 1.82) is 0 Å². The highest BCUT2D eigenvalue weighted by molar-refractivity contribution is 14.1. The molecule has 0 atom stereocenters. The van der Waals surface area contributed by atoms with Crippen molar-refractivity contribution in [3.63, 3.8) is 0 Å². The summed E-state index contributed by atoms with van der Waals surface area (Å²) in [6.45, 7) is 0. The molecule has 0 radical (unpaired) electrons. The molecule has 1 aromatic heterocycles. The minimum atomic E-state index is 0.568. The third-order valence-corrected chi connectivity index (χ3v) is 2.90. The molecule has 2 aromatic rings. The molecule has 1 N–H and O–H groups in total. The second-order valence-corrected chi connectivity index (χ2v) is 4.53. The molecule has 0 spiro atoms. The zero-order chi connectivity index (χ0) is 10.1. The molecule has 3 nitrogen and oxygen atoms in total. The SMILES string of the molecule is Cn1[nH]c(-c2cccc(I)c2)nc1=S. The van der Waals surface area contributed by atoms with E-state index < -0.39 is 0 Å². The molecule has 2 rings (SSSR count). The fourth-order valence-electron chi connectivity index (χ4n) is 1.17. The molecule has 1 aromatic carbocycles. The lowest BCUT2D eigenvalue weighted by Crippen LogP contribution is -1.89. The Bertz CT molecular complexity index is 515. The summed E-state index contributed by atoms with van der Waals surface area (Å²) in [5.41, 5.74) is 1.06. The minimum Gasteiger partial charge on any atom is -0.279 e. The summed E-state index contributed by atoms with van der Waals surface area (Å²) in [5, 5.41) is 3.09. The van der Waals surface area contributed by atoms with Gasteiger partial charge in [0.25, 0.3) is 0 Å². The number of aromatic amines is 1. The van der Waals surface area contributed by atoms with Gasteiger partial charge in [0, 0.05) is 16.2 Å². The van der Waals surface area contributed by atoms with Gasteiger partial charge >= 0.3 is 0 Å². The number of nitrogens with zero attached hydrogens (tertiary/aromatic N) is 2. The fourth-order valence-corrected chi connectivity index (χ4v) is 1.85. The van der Waals surface area contributed by atoms with Crippen LogP contribution in [0.15, 0.2) is 24.3 Å². The summed E-state index contributed by atoms with van der Waals surface area (Å²) in [4.78, 5) is 4.24. The van der Waals surface area contributed by atoms with E-state index in [0.29, 0.717) is 4.77 Å². The van der Waals surface area contributed by atoms with E-state index >= 15 is 0 Å². The first-order valence-electron chi connectivity index (χ1n) is 4.06. The van der Waals surface area contributed by atoms with Gasteiger partial charge in [0.2, 0.25) is 4.77 Å². The van der Waals surface area contributed by atoms with E-state index in [4.69, 9.17) is 12.2 Å². The van der Waals surface area contributed by atoms with Crippen molar-refractivity contribution in [2.24, 2.45) is 7.05 Å². The Balaban J connectivity index is 2.54. The Hall–Kier alpha value is -0.690. The quantitative estimate of drug-likeness (QED) is 0.648. The highest BCUT2D eigenvalue weighted by Crippen LogP contribution is 2.17. The molecule has 0 saturated carbocycles. The van der Waals surface area contributed by atoms with E-state index in [1.54, 1.807) is 4.68 Å². The predicted molar refractivity (Wildman–Crippen MR) is 66.5 cm³/mol. The van der Waals surface area contributed by atoms with Gasteiger partial charge in [-0.15, -0.1) is 0 Å². The van der Waals surface area contributed by atoms with Crippen LogP contribution in [0, 0.1) is 8.34 Å². The number of nitrogens with one attached hydrogen (secondary N) is 1. The lowest BCUT2D eigenvalue weighted by Gasteiger charge is -1.96. The molecule has 0 unspecified atom stereocenters. The molecule has 0 amide bonds. The zero-order valence-corrected chi connectivity index (χ0v) is 10.5. The van der Waals surface area contributed by atoms with Gasteiger partial charge in [0.15, 0.2) is 5.82 Å². The summed E-state index contributed by atoms with van der Waals surface area (Å²) in [6.07, 6.45) is 0. The van der Waals surface area contributed by atoms with E-state index in [-0.39, 0.29) is 0 Å². The number of benzene rings is 1. The predicted octanol–water partition coefficient (Wildman–Crippen LogP) is 2.75. The second kappa shape index (κ2) is 3.82. The van der Waals surface area contributed by atoms with E-state index in [1.807, 2.05) is 25.2 Å². The maximum absolute atomic E-state index is 5.03. The van der Waals surface area contributed by atoms with Crippen LogP contribution < -0.4 is 0 Å². The van der Waals surface area contributed by atoms with Gasteiger partial charge in [0.1, 0.15) is 0 Å². The number of aromatic nitrogens is 3. The second-order valence-electron chi connectivity index (χ2n) is 2.92. The van der Waals surface area contributed by atoms with Crippen molar-refractivity contribution in [2.75, 3.05) is 0 Å². The van der Waals surface area contributed by atoms with E-state index in [9.17, 15) is 0 Å². The molecule has 72 valence electrons. The van der Waals surface area contributed by atoms with Crippen LogP contribution in [0.25, 0.3) is 11.4 Å². The summed E-state index contributed by atoms with van der Waals surface area (Å²) < 4.78 is 3.48.